The molecule has 1 saturated carbocycles. The number of hydrogen-bond donors (Lipinski definition) is 2. The minimum Gasteiger partial charge on any atom is -0.396 e. The summed E-state index contributed by atoms with van der Waals surface area (Å²) < 4.78 is 0. The van der Waals surface area contributed by atoms with E-state index < -0.39 is 0 Å². The van der Waals surface area contributed by atoms with E-state index in [4.69, 9.17) is 5.11 Å². The number of urea groups is 1. The lowest BCUT2D eigenvalue weighted by atomic mass is 10.1. The van der Waals surface area contributed by atoms with Crippen molar-refractivity contribution in [3.63, 3.8) is 0 Å². The molecular weight excluding hydrogens is 252 g/mol. The number of carbonyl (C=O) groups excluding carboxylic acids is 1. The summed E-state index contributed by atoms with van der Waals surface area (Å²) >= 11 is 0. The van der Waals surface area contributed by atoms with Gasteiger partial charge in [-0.3, -0.25) is 0 Å². The fourth-order valence-electron chi connectivity index (χ4n) is 2.29. The Hall–Kier alpha value is -1.55. The number of carbonyl (C=O) groups is 1. The van der Waals surface area contributed by atoms with Gasteiger partial charge in [0.2, 0.25) is 0 Å². The molecule has 1 aromatic rings. The van der Waals surface area contributed by atoms with Gasteiger partial charge in [-0.25, -0.2) is 4.79 Å². The van der Waals surface area contributed by atoms with E-state index in [0.29, 0.717) is 6.04 Å². The van der Waals surface area contributed by atoms with Gasteiger partial charge in [0.05, 0.1) is 0 Å². The number of anilines is 1. The molecule has 1 aromatic carbocycles. The average molecular weight is 276 g/mol. The molecule has 0 bridgehead atoms. The molecule has 2 N–H and O–H groups in total. The van der Waals surface area contributed by atoms with E-state index in [1.54, 1.807) is 0 Å². The first-order valence-corrected chi connectivity index (χ1v) is 7.37. The molecule has 110 valence electrons. The van der Waals surface area contributed by atoms with Crippen LogP contribution in [0.4, 0.5) is 10.5 Å². The summed E-state index contributed by atoms with van der Waals surface area (Å²) in [6, 6.07) is 6.45. The van der Waals surface area contributed by atoms with Crippen molar-refractivity contribution in [1.82, 2.24) is 4.90 Å². The average Bonchev–Trinajstić information content (AvgIpc) is 3.23. The van der Waals surface area contributed by atoms with Crippen molar-refractivity contribution in [3.05, 3.63) is 29.3 Å². The van der Waals surface area contributed by atoms with E-state index in [0.717, 1.165) is 49.0 Å². The first-order chi connectivity index (χ1) is 9.61. The van der Waals surface area contributed by atoms with Crippen LogP contribution in [0.2, 0.25) is 0 Å². The zero-order valence-corrected chi connectivity index (χ0v) is 12.4. The number of amides is 2. The molecule has 0 aliphatic heterocycles. The minimum atomic E-state index is -0.0147. The molecule has 0 atom stereocenters. The van der Waals surface area contributed by atoms with Crippen molar-refractivity contribution < 1.29 is 9.90 Å². The Labute approximate surface area is 120 Å². The molecule has 4 nitrogen and oxygen atoms in total. The van der Waals surface area contributed by atoms with E-state index >= 15 is 0 Å². The van der Waals surface area contributed by atoms with Crippen LogP contribution in [-0.2, 0) is 0 Å². The predicted molar refractivity (Wildman–Crippen MR) is 81.0 cm³/mol. The van der Waals surface area contributed by atoms with Gasteiger partial charge in [-0.2, -0.15) is 0 Å². The minimum absolute atomic E-state index is 0.0147. The topological polar surface area (TPSA) is 52.6 Å². The van der Waals surface area contributed by atoms with E-state index in [1.165, 1.54) is 0 Å². The van der Waals surface area contributed by atoms with Gasteiger partial charge in [0.25, 0.3) is 0 Å². The zero-order valence-electron chi connectivity index (χ0n) is 12.4. The lowest BCUT2D eigenvalue weighted by Gasteiger charge is -2.23. The number of benzene rings is 1. The van der Waals surface area contributed by atoms with Crippen LogP contribution >= 0.6 is 0 Å². The van der Waals surface area contributed by atoms with Crippen molar-refractivity contribution in [2.24, 2.45) is 0 Å². The van der Waals surface area contributed by atoms with Gasteiger partial charge in [-0.1, -0.05) is 12.1 Å². The number of rotatable bonds is 6. The summed E-state index contributed by atoms with van der Waals surface area (Å²) in [4.78, 5) is 14.3. The second kappa shape index (κ2) is 6.75. The van der Waals surface area contributed by atoms with Crippen LogP contribution in [0.25, 0.3) is 0 Å². The van der Waals surface area contributed by atoms with Crippen LogP contribution in [0, 0.1) is 13.8 Å². The Morgan fingerprint density at radius 3 is 2.75 bits per heavy atom. The normalized spacial score (nSPS) is 14.2. The van der Waals surface area contributed by atoms with Crippen molar-refractivity contribution in [3.8, 4) is 0 Å². The number of nitrogens with zero attached hydrogens (tertiary/aromatic N) is 1. The van der Waals surface area contributed by atoms with Crippen LogP contribution in [-0.4, -0.2) is 35.2 Å². The molecule has 0 saturated heterocycles. The molecule has 0 aromatic heterocycles. The maximum absolute atomic E-state index is 12.4. The summed E-state index contributed by atoms with van der Waals surface area (Å²) in [5, 5.41) is 11.9. The number of aryl methyl sites for hydroxylation is 2. The van der Waals surface area contributed by atoms with E-state index in [9.17, 15) is 4.79 Å². The largest absolute Gasteiger partial charge is 0.396 e. The molecule has 1 fully saturated rings. The van der Waals surface area contributed by atoms with Crippen molar-refractivity contribution in [1.29, 1.82) is 0 Å². The van der Waals surface area contributed by atoms with Crippen LogP contribution in [0.1, 0.15) is 36.8 Å². The summed E-state index contributed by atoms with van der Waals surface area (Å²) in [5.41, 5.74) is 3.11. The summed E-state index contributed by atoms with van der Waals surface area (Å²) in [6.45, 7) is 4.94. The molecule has 0 radical (unpaired) electrons. The Bertz CT molecular complexity index is 470. The number of hydrogen-bond acceptors (Lipinski definition) is 2. The highest BCUT2D eigenvalue weighted by molar-refractivity contribution is 5.90. The second-order valence-corrected chi connectivity index (χ2v) is 5.60. The monoisotopic (exact) mass is 276 g/mol. The van der Waals surface area contributed by atoms with Gasteiger partial charge in [-0.15, -0.1) is 0 Å². The standard InChI is InChI=1S/C16H24N2O2/c1-12-5-6-13(2)15(11-12)17-16(20)18(14-7-8-14)9-3-4-10-19/h5-6,11,14,19H,3-4,7-10H2,1-2H3,(H,17,20). The zero-order chi connectivity index (χ0) is 14.5. The molecule has 2 amide bonds. The highest BCUT2D eigenvalue weighted by Crippen LogP contribution is 2.28. The van der Waals surface area contributed by atoms with Crippen LogP contribution < -0.4 is 5.32 Å². The number of unbranched alkanes of at least 4 members (excludes halogenated alkanes) is 1. The first kappa shape index (κ1) is 14.9. The number of aliphatic hydroxyl groups excluding tert-OH is 1. The molecule has 0 unspecified atom stereocenters. The van der Waals surface area contributed by atoms with Crippen LogP contribution in [0.3, 0.4) is 0 Å². The molecule has 1 aliphatic rings. The van der Waals surface area contributed by atoms with E-state index in [2.05, 4.69) is 5.32 Å². The second-order valence-electron chi connectivity index (χ2n) is 5.60. The Morgan fingerprint density at radius 1 is 1.35 bits per heavy atom. The maximum atomic E-state index is 12.4. The van der Waals surface area contributed by atoms with Gasteiger partial charge >= 0.3 is 6.03 Å². The van der Waals surface area contributed by atoms with Crippen molar-refractivity contribution >= 4 is 11.7 Å². The lowest BCUT2D eigenvalue weighted by molar-refractivity contribution is 0.204. The Balaban J connectivity index is 1.98. The molecule has 2 rings (SSSR count). The summed E-state index contributed by atoms with van der Waals surface area (Å²) in [6.07, 6.45) is 3.80. The molecule has 1 aliphatic carbocycles. The van der Waals surface area contributed by atoms with Crippen LogP contribution in [0.5, 0.6) is 0 Å². The number of aliphatic hydroxyl groups is 1. The molecular formula is C16H24N2O2. The van der Waals surface area contributed by atoms with Crippen LogP contribution in [0.15, 0.2) is 18.2 Å². The molecule has 20 heavy (non-hydrogen) atoms. The highest BCUT2D eigenvalue weighted by atomic mass is 16.3. The lowest BCUT2D eigenvalue weighted by Crippen LogP contribution is -2.37. The Morgan fingerprint density at radius 2 is 2.10 bits per heavy atom. The van der Waals surface area contributed by atoms with Gasteiger partial charge in [0, 0.05) is 24.9 Å². The van der Waals surface area contributed by atoms with E-state index in [1.807, 2.05) is 36.9 Å². The molecule has 0 heterocycles. The third-order valence-corrected chi connectivity index (χ3v) is 3.69. The SMILES string of the molecule is Cc1ccc(C)c(NC(=O)N(CCCCO)C2CC2)c1. The smallest absolute Gasteiger partial charge is 0.322 e. The van der Waals surface area contributed by atoms with Gasteiger partial charge < -0.3 is 15.3 Å². The van der Waals surface area contributed by atoms with Crippen molar-refractivity contribution in [2.45, 2.75) is 45.6 Å². The highest BCUT2D eigenvalue weighted by Gasteiger charge is 2.32. The molecule has 4 heteroatoms. The van der Waals surface area contributed by atoms with Gasteiger partial charge in [-0.05, 0) is 56.7 Å². The quantitative estimate of drug-likeness (QED) is 0.785. The maximum Gasteiger partial charge on any atom is 0.322 e. The third kappa shape index (κ3) is 3.97. The van der Waals surface area contributed by atoms with Gasteiger partial charge in [0.15, 0.2) is 0 Å². The van der Waals surface area contributed by atoms with Crippen molar-refractivity contribution in [2.75, 3.05) is 18.5 Å². The fourth-order valence-corrected chi connectivity index (χ4v) is 2.29. The molecule has 0 spiro atoms. The Kier molecular flexibility index (Phi) is 5.01. The predicted octanol–water partition coefficient (Wildman–Crippen LogP) is 3.07. The third-order valence-electron chi connectivity index (χ3n) is 3.69. The summed E-state index contributed by atoms with van der Waals surface area (Å²) in [5.74, 6) is 0. The van der Waals surface area contributed by atoms with E-state index in [-0.39, 0.29) is 12.6 Å². The fraction of sp³-hybridized carbons (Fsp3) is 0.562. The first-order valence-electron chi connectivity index (χ1n) is 7.37. The van der Waals surface area contributed by atoms with Gasteiger partial charge in [0.1, 0.15) is 0 Å². The summed E-state index contributed by atoms with van der Waals surface area (Å²) in [7, 11) is 0. The number of nitrogens with one attached hydrogen (secondary N) is 1.